The zero-order valence-electron chi connectivity index (χ0n) is 9.73. The second-order valence-electron chi connectivity index (χ2n) is 4.61. The fourth-order valence-electron chi connectivity index (χ4n) is 2.77. The molecule has 1 amide bonds. The Kier molecular flexibility index (Phi) is 3.97. The van der Waals surface area contributed by atoms with Crippen molar-refractivity contribution in [3.8, 4) is 0 Å². The Labute approximate surface area is 87.5 Å². The number of hydrogen-bond acceptors (Lipinski definition) is 1. The third-order valence-electron chi connectivity index (χ3n) is 3.98. The zero-order valence-corrected chi connectivity index (χ0v) is 9.73. The molecule has 0 saturated heterocycles. The number of hydrogen-bond donors (Lipinski definition) is 1. The second-order valence-corrected chi connectivity index (χ2v) is 4.61. The van der Waals surface area contributed by atoms with Crippen LogP contribution in [0, 0.1) is 11.3 Å². The third-order valence-corrected chi connectivity index (χ3v) is 3.98. The van der Waals surface area contributed by atoms with Crippen molar-refractivity contribution in [3.63, 3.8) is 0 Å². The van der Waals surface area contributed by atoms with Gasteiger partial charge in [0.25, 0.3) is 0 Å². The van der Waals surface area contributed by atoms with Crippen LogP contribution in [0.3, 0.4) is 0 Å². The molecule has 0 radical (unpaired) electrons. The third kappa shape index (κ3) is 1.94. The maximum atomic E-state index is 12.0. The summed E-state index contributed by atoms with van der Waals surface area (Å²) >= 11 is 0. The number of rotatable bonds is 3. The van der Waals surface area contributed by atoms with Gasteiger partial charge in [-0.05, 0) is 18.8 Å². The summed E-state index contributed by atoms with van der Waals surface area (Å²) in [6.45, 7) is 4.41. The van der Waals surface area contributed by atoms with Gasteiger partial charge in [-0.25, -0.2) is 0 Å². The van der Waals surface area contributed by atoms with Crippen LogP contribution in [0.15, 0.2) is 0 Å². The lowest BCUT2D eigenvalue weighted by atomic mass is 9.65. The minimum atomic E-state index is -0.0538. The van der Waals surface area contributed by atoms with Gasteiger partial charge in [-0.3, -0.25) is 4.79 Å². The van der Waals surface area contributed by atoms with Gasteiger partial charge in [0, 0.05) is 7.05 Å². The van der Waals surface area contributed by atoms with Crippen LogP contribution in [0.1, 0.15) is 52.4 Å². The van der Waals surface area contributed by atoms with Gasteiger partial charge >= 0.3 is 0 Å². The molecule has 2 heteroatoms. The van der Waals surface area contributed by atoms with Crippen molar-refractivity contribution in [2.24, 2.45) is 11.3 Å². The molecule has 0 bridgehead atoms. The van der Waals surface area contributed by atoms with Crippen LogP contribution >= 0.6 is 0 Å². The summed E-state index contributed by atoms with van der Waals surface area (Å²) in [5.41, 5.74) is -0.0538. The molecule has 0 aromatic carbocycles. The summed E-state index contributed by atoms with van der Waals surface area (Å²) in [6.07, 6.45) is 7.02. The molecule has 1 rings (SSSR count). The van der Waals surface area contributed by atoms with Gasteiger partial charge in [-0.1, -0.05) is 39.5 Å². The van der Waals surface area contributed by atoms with Crippen LogP contribution in [0.25, 0.3) is 0 Å². The minimum Gasteiger partial charge on any atom is -0.359 e. The molecule has 0 aromatic heterocycles. The van der Waals surface area contributed by atoms with Crippen molar-refractivity contribution in [2.45, 2.75) is 52.4 Å². The van der Waals surface area contributed by atoms with Crippen molar-refractivity contribution >= 4 is 5.91 Å². The quantitative estimate of drug-likeness (QED) is 0.740. The Hall–Kier alpha value is -0.530. The van der Waals surface area contributed by atoms with Crippen molar-refractivity contribution in [2.75, 3.05) is 7.05 Å². The Morgan fingerprint density at radius 3 is 2.36 bits per heavy atom. The van der Waals surface area contributed by atoms with E-state index < -0.39 is 0 Å². The molecule has 0 aliphatic heterocycles. The first-order chi connectivity index (χ1) is 6.67. The molecule has 82 valence electrons. The fraction of sp³-hybridized carbons (Fsp3) is 0.917. The normalized spacial score (nSPS) is 22.8. The molecule has 1 saturated carbocycles. The average molecular weight is 197 g/mol. The second kappa shape index (κ2) is 4.81. The zero-order chi connectivity index (χ0) is 10.6. The lowest BCUT2D eigenvalue weighted by Crippen LogP contribution is -2.45. The minimum absolute atomic E-state index is 0.0538. The predicted octanol–water partition coefficient (Wildman–Crippen LogP) is 2.73. The maximum absolute atomic E-state index is 12.0. The van der Waals surface area contributed by atoms with E-state index in [0.29, 0.717) is 5.92 Å². The van der Waals surface area contributed by atoms with Gasteiger partial charge in [0.1, 0.15) is 0 Å². The molecule has 1 unspecified atom stereocenters. The van der Waals surface area contributed by atoms with E-state index in [2.05, 4.69) is 19.2 Å². The highest BCUT2D eigenvalue weighted by Gasteiger charge is 2.42. The van der Waals surface area contributed by atoms with Crippen LogP contribution in [0.4, 0.5) is 0 Å². The first kappa shape index (κ1) is 11.5. The largest absolute Gasteiger partial charge is 0.359 e. The van der Waals surface area contributed by atoms with Crippen LogP contribution < -0.4 is 5.32 Å². The van der Waals surface area contributed by atoms with Gasteiger partial charge in [-0.2, -0.15) is 0 Å². The van der Waals surface area contributed by atoms with E-state index in [9.17, 15) is 4.79 Å². The Balaban J connectivity index is 2.82. The molecule has 1 N–H and O–H groups in total. The lowest BCUT2D eigenvalue weighted by molar-refractivity contribution is -0.136. The molecule has 0 aromatic rings. The van der Waals surface area contributed by atoms with Gasteiger partial charge in [-0.15, -0.1) is 0 Å². The number of amides is 1. The molecule has 2 nitrogen and oxygen atoms in total. The molecule has 0 heterocycles. The molecule has 0 spiro atoms. The Morgan fingerprint density at radius 1 is 1.36 bits per heavy atom. The van der Waals surface area contributed by atoms with E-state index in [4.69, 9.17) is 0 Å². The van der Waals surface area contributed by atoms with Crippen molar-refractivity contribution in [1.29, 1.82) is 0 Å². The Bertz CT molecular complexity index is 194. The molecule has 1 atom stereocenters. The van der Waals surface area contributed by atoms with E-state index in [1.165, 1.54) is 19.3 Å². The summed E-state index contributed by atoms with van der Waals surface area (Å²) in [4.78, 5) is 12.0. The molecule has 1 aliphatic rings. The molecular formula is C12H23NO. The average Bonchev–Trinajstić information content (AvgIpc) is 2.27. The predicted molar refractivity (Wildman–Crippen MR) is 59.0 cm³/mol. The summed E-state index contributed by atoms with van der Waals surface area (Å²) < 4.78 is 0. The van der Waals surface area contributed by atoms with Crippen molar-refractivity contribution < 1.29 is 4.79 Å². The molecule has 1 fully saturated rings. The first-order valence-corrected chi connectivity index (χ1v) is 5.89. The standard InChI is InChI=1S/C12H23NO/c1-4-10(2)12(11(14)13-3)8-6-5-7-9-12/h10H,4-9H2,1-3H3,(H,13,14). The van der Waals surface area contributed by atoms with Gasteiger partial charge in [0.05, 0.1) is 5.41 Å². The summed E-state index contributed by atoms with van der Waals surface area (Å²) in [5, 5.41) is 2.85. The first-order valence-electron chi connectivity index (χ1n) is 5.89. The summed E-state index contributed by atoms with van der Waals surface area (Å²) in [7, 11) is 1.76. The highest BCUT2D eigenvalue weighted by atomic mass is 16.2. The highest BCUT2D eigenvalue weighted by molar-refractivity contribution is 5.82. The van der Waals surface area contributed by atoms with E-state index in [-0.39, 0.29) is 11.3 Å². The van der Waals surface area contributed by atoms with Crippen LogP contribution in [0.2, 0.25) is 0 Å². The van der Waals surface area contributed by atoms with E-state index in [0.717, 1.165) is 19.3 Å². The topological polar surface area (TPSA) is 29.1 Å². The van der Waals surface area contributed by atoms with Gasteiger partial charge < -0.3 is 5.32 Å². The molecular weight excluding hydrogens is 174 g/mol. The number of carbonyl (C=O) groups excluding carboxylic acids is 1. The van der Waals surface area contributed by atoms with Crippen molar-refractivity contribution in [3.05, 3.63) is 0 Å². The van der Waals surface area contributed by atoms with E-state index >= 15 is 0 Å². The van der Waals surface area contributed by atoms with Crippen LogP contribution in [0.5, 0.6) is 0 Å². The molecule has 14 heavy (non-hydrogen) atoms. The fourth-order valence-corrected chi connectivity index (χ4v) is 2.77. The SMILES string of the molecule is CCC(C)C1(C(=O)NC)CCCCC1. The van der Waals surface area contributed by atoms with E-state index in [1.54, 1.807) is 7.05 Å². The monoisotopic (exact) mass is 197 g/mol. The van der Waals surface area contributed by atoms with Crippen molar-refractivity contribution in [1.82, 2.24) is 5.32 Å². The van der Waals surface area contributed by atoms with Crippen LogP contribution in [-0.4, -0.2) is 13.0 Å². The lowest BCUT2D eigenvalue weighted by Gasteiger charge is -2.40. The maximum Gasteiger partial charge on any atom is 0.226 e. The summed E-state index contributed by atoms with van der Waals surface area (Å²) in [5.74, 6) is 0.786. The molecule has 1 aliphatic carbocycles. The highest BCUT2D eigenvalue weighted by Crippen LogP contribution is 2.43. The Morgan fingerprint density at radius 2 is 1.93 bits per heavy atom. The van der Waals surface area contributed by atoms with E-state index in [1.807, 2.05) is 0 Å². The summed E-state index contributed by atoms with van der Waals surface area (Å²) in [6, 6.07) is 0. The smallest absolute Gasteiger partial charge is 0.226 e. The number of carbonyl (C=O) groups is 1. The van der Waals surface area contributed by atoms with Gasteiger partial charge in [0.2, 0.25) is 5.91 Å². The van der Waals surface area contributed by atoms with Crippen LogP contribution in [-0.2, 0) is 4.79 Å². The number of nitrogens with one attached hydrogen (secondary N) is 1. The van der Waals surface area contributed by atoms with Gasteiger partial charge in [0.15, 0.2) is 0 Å².